The number of hydrogen-bond donors (Lipinski definition) is 2. The largest absolute Gasteiger partial charge is 0.368 e. The molecular formula is C21H32FN5OS. The second-order valence-corrected chi connectivity index (χ2v) is 9.53. The van der Waals surface area contributed by atoms with E-state index in [9.17, 15) is 9.18 Å². The minimum atomic E-state index is -0.226. The maximum Gasteiger partial charge on any atom is 0.224 e. The van der Waals surface area contributed by atoms with Crippen molar-refractivity contribution in [3.63, 3.8) is 0 Å². The third kappa shape index (κ3) is 6.26. The van der Waals surface area contributed by atoms with Crippen LogP contribution in [0.2, 0.25) is 0 Å². The van der Waals surface area contributed by atoms with Crippen LogP contribution in [-0.4, -0.2) is 73.6 Å². The summed E-state index contributed by atoms with van der Waals surface area (Å²) in [5.74, 6) is 1.92. The molecule has 0 spiro atoms. The summed E-state index contributed by atoms with van der Waals surface area (Å²) in [6.45, 7) is 6.67. The van der Waals surface area contributed by atoms with Gasteiger partial charge in [-0.3, -0.25) is 9.79 Å². The Morgan fingerprint density at radius 2 is 1.93 bits per heavy atom. The smallest absolute Gasteiger partial charge is 0.224 e. The highest BCUT2D eigenvalue weighted by molar-refractivity contribution is 8.00. The molecule has 1 atom stereocenters. The van der Waals surface area contributed by atoms with Crippen molar-refractivity contribution in [2.24, 2.45) is 4.99 Å². The van der Waals surface area contributed by atoms with E-state index in [0.29, 0.717) is 26.1 Å². The molecule has 0 aromatic heterocycles. The summed E-state index contributed by atoms with van der Waals surface area (Å²) in [5, 5.41) is 6.65. The first-order valence-electron chi connectivity index (χ1n) is 10.4. The normalized spacial score (nSPS) is 22.7. The Kier molecular flexibility index (Phi) is 7.64. The van der Waals surface area contributed by atoms with Gasteiger partial charge in [-0.05, 0) is 49.8 Å². The summed E-state index contributed by atoms with van der Waals surface area (Å²) >= 11 is 2.02. The van der Waals surface area contributed by atoms with Gasteiger partial charge in [0.2, 0.25) is 5.91 Å². The monoisotopic (exact) mass is 421 g/mol. The van der Waals surface area contributed by atoms with Crippen LogP contribution >= 0.6 is 11.8 Å². The van der Waals surface area contributed by atoms with Gasteiger partial charge in [0.1, 0.15) is 5.82 Å². The molecule has 0 bridgehead atoms. The highest BCUT2D eigenvalue weighted by Gasteiger charge is 2.29. The second-order valence-electron chi connectivity index (χ2n) is 7.85. The van der Waals surface area contributed by atoms with Crippen LogP contribution < -0.4 is 15.5 Å². The number of piperazine rings is 1. The Bertz CT molecular complexity index is 698. The van der Waals surface area contributed by atoms with E-state index < -0.39 is 0 Å². The minimum Gasteiger partial charge on any atom is -0.368 e. The number of nitrogens with one attached hydrogen (secondary N) is 2. The number of thioether (sulfide) groups is 1. The van der Waals surface area contributed by atoms with E-state index in [1.807, 2.05) is 16.7 Å². The molecule has 2 aliphatic heterocycles. The molecule has 2 aliphatic rings. The third-order valence-electron chi connectivity index (χ3n) is 5.61. The van der Waals surface area contributed by atoms with Crippen LogP contribution in [0.25, 0.3) is 0 Å². The number of anilines is 1. The SMILES string of the molecule is CN=C(NCCC(=O)N1CCN(c2ccc(F)cc2)CC1)NCC1(C)CCCS1. The Labute approximate surface area is 177 Å². The number of nitrogens with zero attached hydrogens (tertiary/aromatic N) is 3. The van der Waals surface area contributed by atoms with Crippen molar-refractivity contribution in [2.75, 3.05) is 57.0 Å². The zero-order valence-corrected chi connectivity index (χ0v) is 18.2. The highest BCUT2D eigenvalue weighted by atomic mass is 32.2. The molecule has 2 fully saturated rings. The average Bonchev–Trinajstić information content (AvgIpc) is 3.18. The van der Waals surface area contributed by atoms with Crippen LogP contribution in [0.5, 0.6) is 0 Å². The van der Waals surface area contributed by atoms with E-state index in [-0.39, 0.29) is 16.5 Å². The van der Waals surface area contributed by atoms with Gasteiger partial charge in [0.05, 0.1) is 0 Å². The van der Waals surface area contributed by atoms with Gasteiger partial charge in [0, 0.05) is 63.2 Å². The lowest BCUT2D eigenvalue weighted by molar-refractivity contribution is -0.131. The van der Waals surface area contributed by atoms with Crippen molar-refractivity contribution in [1.82, 2.24) is 15.5 Å². The van der Waals surface area contributed by atoms with Gasteiger partial charge in [-0.1, -0.05) is 0 Å². The zero-order valence-electron chi connectivity index (χ0n) is 17.4. The number of guanidine groups is 1. The van der Waals surface area contributed by atoms with Gasteiger partial charge < -0.3 is 20.4 Å². The predicted molar refractivity (Wildman–Crippen MR) is 119 cm³/mol. The first kappa shape index (κ1) is 21.7. The maximum atomic E-state index is 13.1. The molecule has 1 aromatic carbocycles. The number of halogens is 1. The Morgan fingerprint density at radius 1 is 1.21 bits per heavy atom. The van der Waals surface area contributed by atoms with Crippen molar-refractivity contribution >= 4 is 29.3 Å². The molecule has 2 saturated heterocycles. The van der Waals surface area contributed by atoms with E-state index in [1.54, 1.807) is 19.2 Å². The van der Waals surface area contributed by atoms with Gasteiger partial charge in [0.15, 0.2) is 5.96 Å². The number of rotatable bonds is 6. The summed E-state index contributed by atoms with van der Waals surface area (Å²) in [7, 11) is 1.76. The topological polar surface area (TPSA) is 60.0 Å². The van der Waals surface area contributed by atoms with Crippen LogP contribution in [0.1, 0.15) is 26.2 Å². The number of carbonyl (C=O) groups excluding carboxylic acids is 1. The van der Waals surface area contributed by atoms with E-state index in [4.69, 9.17) is 0 Å². The van der Waals surface area contributed by atoms with Crippen molar-refractivity contribution < 1.29 is 9.18 Å². The van der Waals surface area contributed by atoms with Gasteiger partial charge in [-0.2, -0.15) is 11.8 Å². The molecule has 8 heteroatoms. The molecule has 6 nitrogen and oxygen atoms in total. The van der Waals surface area contributed by atoms with E-state index >= 15 is 0 Å². The molecule has 2 heterocycles. The van der Waals surface area contributed by atoms with Crippen molar-refractivity contribution in [3.05, 3.63) is 30.1 Å². The summed E-state index contributed by atoms with van der Waals surface area (Å²) in [6.07, 6.45) is 2.95. The van der Waals surface area contributed by atoms with Crippen LogP contribution in [0.3, 0.4) is 0 Å². The molecule has 2 N–H and O–H groups in total. The van der Waals surface area contributed by atoms with Crippen LogP contribution in [0, 0.1) is 5.82 Å². The molecule has 0 radical (unpaired) electrons. The molecule has 3 rings (SSSR count). The van der Waals surface area contributed by atoms with Gasteiger partial charge in [-0.25, -0.2) is 4.39 Å². The lowest BCUT2D eigenvalue weighted by atomic mass is 10.1. The van der Waals surface area contributed by atoms with Gasteiger partial charge in [0.25, 0.3) is 0 Å². The van der Waals surface area contributed by atoms with Crippen molar-refractivity contribution in [1.29, 1.82) is 0 Å². The number of hydrogen-bond acceptors (Lipinski definition) is 4. The molecule has 1 aromatic rings. The molecule has 0 aliphatic carbocycles. The van der Waals surface area contributed by atoms with Crippen LogP contribution in [0.15, 0.2) is 29.3 Å². The molecule has 1 unspecified atom stereocenters. The van der Waals surface area contributed by atoms with Crippen LogP contribution in [-0.2, 0) is 4.79 Å². The van der Waals surface area contributed by atoms with Crippen LogP contribution in [0.4, 0.5) is 10.1 Å². The standard InChI is InChI=1S/C21H32FN5OS/c1-21(9-3-15-29-21)16-25-20(23-2)24-10-8-19(28)27-13-11-26(12-14-27)18-6-4-17(22)5-7-18/h4-7H,3,8-16H2,1-2H3,(H2,23,24,25). The summed E-state index contributed by atoms with van der Waals surface area (Å²) in [5.41, 5.74) is 1.00. The molecule has 29 heavy (non-hydrogen) atoms. The quantitative estimate of drug-likeness (QED) is 0.545. The molecular weight excluding hydrogens is 389 g/mol. The molecule has 160 valence electrons. The lowest BCUT2D eigenvalue weighted by Gasteiger charge is -2.36. The fourth-order valence-electron chi connectivity index (χ4n) is 3.78. The third-order valence-corrected chi connectivity index (χ3v) is 7.15. The van der Waals surface area contributed by atoms with E-state index in [2.05, 4.69) is 27.4 Å². The number of carbonyl (C=O) groups is 1. The second kappa shape index (κ2) is 10.2. The highest BCUT2D eigenvalue weighted by Crippen LogP contribution is 2.36. The lowest BCUT2D eigenvalue weighted by Crippen LogP contribution is -2.49. The van der Waals surface area contributed by atoms with Gasteiger partial charge in [-0.15, -0.1) is 0 Å². The average molecular weight is 422 g/mol. The van der Waals surface area contributed by atoms with Crippen molar-refractivity contribution in [3.8, 4) is 0 Å². The Balaban J connectivity index is 1.35. The minimum absolute atomic E-state index is 0.157. The molecule has 1 amide bonds. The van der Waals surface area contributed by atoms with E-state index in [0.717, 1.165) is 31.3 Å². The van der Waals surface area contributed by atoms with Crippen molar-refractivity contribution in [2.45, 2.75) is 30.9 Å². The van der Waals surface area contributed by atoms with E-state index in [1.165, 1.54) is 30.7 Å². The maximum absolute atomic E-state index is 13.1. The first-order chi connectivity index (χ1) is 14.0. The zero-order chi connectivity index (χ0) is 20.7. The fraction of sp³-hybridized carbons (Fsp3) is 0.619. The summed E-state index contributed by atoms with van der Waals surface area (Å²) in [6, 6.07) is 6.54. The Morgan fingerprint density at radius 3 is 2.55 bits per heavy atom. The van der Waals surface area contributed by atoms with Gasteiger partial charge >= 0.3 is 0 Å². The first-order valence-corrected chi connectivity index (χ1v) is 11.3. The number of aliphatic imine (C=N–C) groups is 1. The Hall–Kier alpha value is -1.96. The molecule has 0 saturated carbocycles. The summed E-state index contributed by atoms with van der Waals surface area (Å²) < 4.78 is 13.4. The fourth-order valence-corrected chi connectivity index (χ4v) is 5.02. The predicted octanol–water partition coefficient (Wildman–Crippen LogP) is 2.32. The number of amides is 1. The summed E-state index contributed by atoms with van der Waals surface area (Å²) in [4.78, 5) is 20.9. The number of benzene rings is 1.